The van der Waals surface area contributed by atoms with E-state index in [0.717, 1.165) is 0 Å². The Morgan fingerprint density at radius 3 is 2.59 bits per heavy atom. The van der Waals surface area contributed by atoms with E-state index in [-0.39, 0.29) is 11.8 Å². The second kappa shape index (κ2) is 4.37. The average molecular weight is 228 g/mol. The molecule has 0 radical (unpaired) electrons. The summed E-state index contributed by atoms with van der Waals surface area (Å²) in [5, 5.41) is 0. The maximum absolute atomic E-state index is 11.8. The lowest BCUT2D eigenvalue weighted by Crippen LogP contribution is -2.20. The van der Waals surface area contributed by atoms with Gasteiger partial charge in [-0.1, -0.05) is 30.3 Å². The summed E-state index contributed by atoms with van der Waals surface area (Å²) in [7, 11) is 0. The molecule has 0 aromatic heterocycles. The van der Waals surface area contributed by atoms with Gasteiger partial charge in [-0.2, -0.15) is 0 Å². The molecule has 0 unspecified atom stereocenters. The number of allylic oxidation sites excluding steroid dienone is 1. The van der Waals surface area contributed by atoms with E-state index in [4.69, 9.17) is 4.74 Å². The lowest BCUT2D eigenvalue weighted by atomic mass is 10.0. The van der Waals surface area contributed by atoms with Crippen LogP contribution in [0.25, 0.3) is 0 Å². The summed E-state index contributed by atoms with van der Waals surface area (Å²) in [5.41, 5.74) is -0.192. The van der Waals surface area contributed by atoms with Crippen molar-refractivity contribution < 1.29 is 14.3 Å². The highest BCUT2D eigenvalue weighted by Crippen LogP contribution is 2.20. The van der Waals surface area contributed by atoms with E-state index in [2.05, 4.69) is 0 Å². The first kappa shape index (κ1) is 11.3. The first-order valence-electron chi connectivity index (χ1n) is 5.30. The van der Waals surface area contributed by atoms with Crippen molar-refractivity contribution in [2.75, 3.05) is 0 Å². The van der Waals surface area contributed by atoms with Crippen molar-refractivity contribution in [1.29, 1.82) is 0 Å². The van der Waals surface area contributed by atoms with E-state index >= 15 is 0 Å². The molecule has 0 saturated carbocycles. The highest BCUT2D eigenvalue weighted by molar-refractivity contribution is 6.04. The predicted octanol–water partition coefficient (Wildman–Crippen LogP) is 2.30. The molecule has 0 amide bonds. The molecule has 1 aliphatic rings. The maximum Gasteiger partial charge on any atom is 0.331 e. The second-order valence-corrected chi connectivity index (χ2v) is 4.00. The van der Waals surface area contributed by atoms with Crippen molar-refractivity contribution in [2.45, 2.75) is 12.5 Å². The minimum absolute atomic E-state index is 0.108. The molecule has 3 nitrogen and oxygen atoms in total. The van der Waals surface area contributed by atoms with Crippen LogP contribution in [0.1, 0.15) is 17.3 Å². The van der Waals surface area contributed by atoms with Crippen LogP contribution in [0, 0.1) is 0 Å². The summed E-state index contributed by atoms with van der Waals surface area (Å²) in [4.78, 5) is 22.7. The number of hydrogen-bond acceptors (Lipinski definition) is 3. The SMILES string of the molecule is C[C@]1(/C=C/C(=O)c2ccccc2)C=CC(=O)O1. The molecule has 0 spiro atoms. The minimum Gasteiger partial charge on any atom is -0.448 e. The van der Waals surface area contributed by atoms with Gasteiger partial charge in [0.1, 0.15) is 5.60 Å². The Morgan fingerprint density at radius 1 is 1.29 bits per heavy atom. The van der Waals surface area contributed by atoms with Crippen LogP contribution in [-0.2, 0) is 9.53 Å². The minimum atomic E-state index is -0.804. The summed E-state index contributed by atoms with van der Waals surface area (Å²) in [6, 6.07) is 8.94. The quantitative estimate of drug-likeness (QED) is 0.453. The van der Waals surface area contributed by atoms with E-state index in [9.17, 15) is 9.59 Å². The summed E-state index contributed by atoms with van der Waals surface area (Å²) in [5.74, 6) is -0.493. The van der Waals surface area contributed by atoms with Gasteiger partial charge in [-0.3, -0.25) is 4.79 Å². The smallest absolute Gasteiger partial charge is 0.331 e. The van der Waals surface area contributed by atoms with Gasteiger partial charge in [0.05, 0.1) is 0 Å². The van der Waals surface area contributed by atoms with Crippen molar-refractivity contribution >= 4 is 11.8 Å². The molecule has 86 valence electrons. The van der Waals surface area contributed by atoms with Crippen molar-refractivity contribution in [1.82, 2.24) is 0 Å². The summed E-state index contributed by atoms with van der Waals surface area (Å²) in [6.07, 6.45) is 6.00. The first-order valence-corrected chi connectivity index (χ1v) is 5.30. The average Bonchev–Trinajstić information content (AvgIpc) is 2.68. The van der Waals surface area contributed by atoms with Gasteiger partial charge < -0.3 is 4.74 Å². The fourth-order valence-corrected chi connectivity index (χ4v) is 1.55. The van der Waals surface area contributed by atoms with Crippen LogP contribution < -0.4 is 0 Å². The molecule has 0 fully saturated rings. The molecule has 17 heavy (non-hydrogen) atoms. The van der Waals surface area contributed by atoms with Gasteiger partial charge in [0.25, 0.3) is 0 Å². The molecular weight excluding hydrogens is 216 g/mol. The van der Waals surface area contributed by atoms with E-state index < -0.39 is 5.60 Å². The number of hydrogen-bond donors (Lipinski definition) is 0. The third-order valence-corrected chi connectivity index (χ3v) is 2.49. The molecule has 1 heterocycles. The number of esters is 1. The first-order chi connectivity index (χ1) is 8.09. The molecule has 1 aromatic carbocycles. The number of ketones is 1. The second-order valence-electron chi connectivity index (χ2n) is 4.00. The monoisotopic (exact) mass is 228 g/mol. The molecule has 0 saturated heterocycles. The normalized spacial score (nSPS) is 23.0. The van der Waals surface area contributed by atoms with Gasteiger partial charge in [-0.05, 0) is 25.2 Å². The Labute approximate surface area is 99.4 Å². The number of carbonyl (C=O) groups excluding carboxylic acids is 2. The summed E-state index contributed by atoms with van der Waals surface area (Å²) in [6.45, 7) is 1.73. The molecule has 0 aliphatic carbocycles. The van der Waals surface area contributed by atoms with Crippen LogP contribution in [0.5, 0.6) is 0 Å². The van der Waals surface area contributed by atoms with Crippen molar-refractivity contribution in [2.24, 2.45) is 0 Å². The van der Waals surface area contributed by atoms with Gasteiger partial charge in [0.2, 0.25) is 0 Å². The van der Waals surface area contributed by atoms with Gasteiger partial charge in [-0.15, -0.1) is 0 Å². The highest BCUT2D eigenvalue weighted by Gasteiger charge is 2.27. The van der Waals surface area contributed by atoms with E-state index in [1.807, 2.05) is 6.07 Å². The molecule has 0 bridgehead atoms. The highest BCUT2D eigenvalue weighted by atomic mass is 16.6. The van der Waals surface area contributed by atoms with E-state index in [1.165, 1.54) is 12.2 Å². The van der Waals surface area contributed by atoms with Crippen LogP contribution in [0.15, 0.2) is 54.6 Å². The number of carbonyl (C=O) groups is 2. The Kier molecular flexibility index (Phi) is 2.91. The Bertz CT molecular complexity index is 499. The molecular formula is C14H12O3. The molecule has 1 aromatic rings. The van der Waals surface area contributed by atoms with Gasteiger partial charge in [0, 0.05) is 11.6 Å². The molecule has 2 rings (SSSR count). The maximum atomic E-state index is 11.8. The number of cyclic esters (lactones) is 1. The summed E-state index contributed by atoms with van der Waals surface area (Å²) < 4.78 is 5.05. The Balaban J connectivity index is 2.10. The van der Waals surface area contributed by atoms with Crippen LogP contribution in [0.3, 0.4) is 0 Å². The van der Waals surface area contributed by atoms with Crippen molar-refractivity contribution in [3.63, 3.8) is 0 Å². The number of rotatable bonds is 3. The van der Waals surface area contributed by atoms with E-state index in [1.54, 1.807) is 43.3 Å². The lowest BCUT2D eigenvalue weighted by Gasteiger charge is -2.15. The van der Waals surface area contributed by atoms with Crippen LogP contribution in [-0.4, -0.2) is 17.4 Å². The Hall–Kier alpha value is -2.16. The fourth-order valence-electron chi connectivity index (χ4n) is 1.55. The van der Waals surface area contributed by atoms with Crippen molar-refractivity contribution in [3.05, 3.63) is 60.2 Å². The van der Waals surface area contributed by atoms with Gasteiger partial charge >= 0.3 is 5.97 Å². The van der Waals surface area contributed by atoms with E-state index in [0.29, 0.717) is 5.56 Å². The zero-order valence-corrected chi connectivity index (χ0v) is 9.42. The standard InChI is InChI=1S/C14H12O3/c1-14(10-8-13(16)17-14)9-7-12(15)11-5-3-2-4-6-11/h2-10H,1H3/b9-7+/t14-/m0/s1. The third kappa shape index (κ3) is 2.69. The molecule has 0 N–H and O–H groups in total. The predicted molar refractivity (Wildman–Crippen MR) is 63.5 cm³/mol. The fraction of sp³-hybridized carbons (Fsp3) is 0.143. The summed E-state index contributed by atoms with van der Waals surface area (Å²) >= 11 is 0. The van der Waals surface area contributed by atoms with Crippen LogP contribution >= 0.6 is 0 Å². The molecule has 1 atom stereocenters. The third-order valence-electron chi connectivity index (χ3n) is 2.49. The lowest BCUT2D eigenvalue weighted by molar-refractivity contribution is -0.141. The van der Waals surface area contributed by atoms with Gasteiger partial charge in [0.15, 0.2) is 5.78 Å². The Morgan fingerprint density at radius 2 is 2.00 bits per heavy atom. The molecule has 3 heteroatoms. The zero-order chi connectivity index (χ0) is 12.3. The van der Waals surface area contributed by atoms with Crippen LogP contribution in [0.2, 0.25) is 0 Å². The molecule has 1 aliphatic heterocycles. The van der Waals surface area contributed by atoms with Gasteiger partial charge in [-0.25, -0.2) is 4.79 Å². The largest absolute Gasteiger partial charge is 0.448 e. The zero-order valence-electron chi connectivity index (χ0n) is 9.42. The van der Waals surface area contributed by atoms with Crippen LogP contribution in [0.4, 0.5) is 0 Å². The number of ether oxygens (including phenoxy) is 1. The number of benzene rings is 1. The van der Waals surface area contributed by atoms with Crippen molar-refractivity contribution in [3.8, 4) is 0 Å². The topological polar surface area (TPSA) is 43.4 Å².